The number of nitrogens with zero attached hydrogens (tertiary/aromatic N) is 2. The molecule has 6 rings (SSSR count). The standard InChI is InChI=1S/C26H21N3O5/c30-23(27-14-16-9-10-21-22(13-16)34-15-33-21)11-12-28-24-17-5-1-2-6-18(17)26(32)29(24)20-8-4-3-7-19(20)25(28)31/h1-10,13,24H,11-12,14-15H2,(H,27,30)/t24-/m1/s1. The number of carbonyl (C=O) groups is 3. The van der Waals surface area contributed by atoms with Crippen molar-refractivity contribution in [2.45, 2.75) is 19.1 Å². The Balaban J connectivity index is 1.20. The van der Waals surface area contributed by atoms with Crippen LogP contribution in [-0.2, 0) is 11.3 Å². The van der Waals surface area contributed by atoms with E-state index < -0.39 is 6.17 Å². The summed E-state index contributed by atoms with van der Waals surface area (Å²) in [6, 6.07) is 20.0. The Morgan fingerprint density at radius 1 is 0.912 bits per heavy atom. The first kappa shape index (κ1) is 20.3. The number of anilines is 1. The summed E-state index contributed by atoms with van der Waals surface area (Å²) in [5, 5.41) is 2.90. The summed E-state index contributed by atoms with van der Waals surface area (Å²) in [5.74, 6) is 0.833. The zero-order chi connectivity index (χ0) is 23.2. The number of nitrogens with one attached hydrogen (secondary N) is 1. The Kier molecular flexibility index (Phi) is 4.72. The number of benzene rings is 3. The van der Waals surface area contributed by atoms with Crippen LogP contribution < -0.4 is 19.7 Å². The second-order valence-corrected chi connectivity index (χ2v) is 8.37. The van der Waals surface area contributed by atoms with Crippen LogP contribution >= 0.6 is 0 Å². The highest BCUT2D eigenvalue weighted by molar-refractivity contribution is 6.16. The van der Waals surface area contributed by atoms with Crippen LogP contribution in [0.2, 0.25) is 0 Å². The van der Waals surface area contributed by atoms with Gasteiger partial charge in [0, 0.05) is 30.6 Å². The molecule has 3 heterocycles. The maximum absolute atomic E-state index is 13.4. The molecule has 3 aliphatic rings. The molecular weight excluding hydrogens is 434 g/mol. The molecule has 0 fully saturated rings. The SMILES string of the molecule is O=C(CCN1C(=O)c2ccccc2N2C(=O)c3ccccc3[C@H]12)NCc1ccc2c(c1)OCO2. The van der Waals surface area contributed by atoms with Crippen LogP contribution in [-0.4, -0.2) is 36.0 Å². The molecule has 34 heavy (non-hydrogen) atoms. The largest absolute Gasteiger partial charge is 0.454 e. The Hall–Kier alpha value is -4.33. The van der Waals surface area contributed by atoms with E-state index in [1.54, 1.807) is 34.1 Å². The third-order valence-corrected chi connectivity index (χ3v) is 6.39. The number of rotatable bonds is 5. The predicted octanol–water partition coefficient (Wildman–Crippen LogP) is 3.24. The van der Waals surface area contributed by atoms with Gasteiger partial charge in [0.2, 0.25) is 12.7 Å². The summed E-state index contributed by atoms with van der Waals surface area (Å²) in [4.78, 5) is 42.6. The zero-order valence-corrected chi connectivity index (χ0v) is 18.2. The number of hydrogen-bond acceptors (Lipinski definition) is 5. The van der Waals surface area contributed by atoms with Gasteiger partial charge in [0.15, 0.2) is 11.5 Å². The lowest BCUT2D eigenvalue weighted by Crippen LogP contribution is -2.49. The summed E-state index contributed by atoms with van der Waals surface area (Å²) >= 11 is 0. The van der Waals surface area contributed by atoms with Crippen molar-refractivity contribution in [3.63, 3.8) is 0 Å². The van der Waals surface area contributed by atoms with Crippen LogP contribution in [0.3, 0.4) is 0 Å². The number of fused-ring (bicyclic) bond motifs is 6. The molecule has 3 aromatic rings. The van der Waals surface area contributed by atoms with Crippen molar-refractivity contribution >= 4 is 23.4 Å². The molecule has 170 valence electrons. The molecule has 0 unspecified atom stereocenters. The summed E-state index contributed by atoms with van der Waals surface area (Å²) in [5.41, 5.74) is 3.30. The highest BCUT2D eigenvalue weighted by atomic mass is 16.7. The van der Waals surface area contributed by atoms with Gasteiger partial charge in [0.05, 0.1) is 11.3 Å². The molecule has 0 aliphatic carbocycles. The Labute approximate surface area is 195 Å². The third-order valence-electron chi connectivity index (χ3n) is 6.39. The number of para-hydroxylation sites is 1. The lowest BCUT2D eigenvalue weighted by molar-refractivity contribution is -0.121. The summed E-state index contributed by atoms with van der Waals surface area (Å²) in [6.07, 6.45) is -0.452. The fraction of sp³-hybridized carbons (Fsp3) is 0.192. The van der Waals surface area contributed by atoms with Crippen LogP contribution in [0, 0.1) is 0 Å². The number of carbonyl (C=O) groups excluding carboxylic acids is 3. The lowest BCUT2D eigenvalue weighted by Gasteiger charge is -2.40. The molecule has 8 heteroatoms. The van der Waals surface area contributed by atoms with Crippen molar-refractivity contribution < 1.29 is 23.9 Å². The molecule has 0 saturated heterocycles. The van der Waals surface area contributed by atoms with E-state index in [0.717, 1.165) is 11.1 Å². The summed E-state index contributed by atoms with van der Waals surface area (Å²) < 4.78 is 10.7. The minimum Gasteiger partial charge on any atom is -0.454 e. The van der Waals surface area contributed by atoms with Crippen molar-refractivity contribution in [3.8, 4) is 11.5 Å². The van der Waals surface area contributed by atoms with E-state index in [0.29, 0.717) is 34.9 Å². The summed E-state index contributed by atoms with van der Waals surface area (Å²) in [7, 11) is 0. The summed E-state index contributed by atoms with van der Waals surface area (Å²) in [6.45, 7) is 0.716. The molecule has 0 aromatic heterocycles. The smallest absolute Gasteiger partial charge is 0.260 e. The number of hydrogen-bond donors (Lipinski definition) is 1. The normalized spacial score (nSPS) is 17.4. The van der Waals surface area contributed by atoms with E-state index >= 15 is 0 Å². The quantitative estimate of drug-likeness (QED) is 0.638. The van der Waals surface area contributed by atoms with Crippen molar-refractivity contribution in [3.05, 3.63) is 89.0 Å². The molecule has 0 spiro atoms. The topological polar surface area (TPSA) is 88.2 Å². The first-order chi connectivity index (χ1) is 16.6. The first-order valence-corrected chi connectivity index (χ1v) is 11.1. The molecule has 0 saturated carbocycles. The van der Waals surface area contributed by atoms with Gasteiger partial charge in [-0.2, -0.15) is 0 Å². The average molecular weight is 455 g/mol. The fourth-order valence-electron chi connectivity index (χ4n) is 4.76. The maximum Gasteiger partial charge on any atom is 0.260 e. The number of ether oxygens (including phenoxy) is 2. The van der Waals surface area contributed by atoms with Crippen LogP contribution in [0.15, 0.2) is 66.7 Å². The van der Waals surface area contributed by atoms with Gasteiger partial charge >= 0.3 is 0 Å². The van der Waals surface area contributed by atoms with E-state index in [-0.39, 0.29) is 37.5 Å². The van der Waals surface area contributed by atoms with Gasteiger partial charge in [-0.3, -0.25) is 19.3 Å². The van der Waals surface area contributed by atoms with Gasteiger partial charge in [0.1, 0.15) is 6.17 Å². The zero-order valence-electron chi connectivity index (χ0n) is 18.2. The van der Waals surface area contributed by atoms with E-state index in [1.165, 1.54) is 0 Å². The highest BCUT2D eigenvalue weighted by Crippen LogP contribution is 2.45. The molecule has 3 aromatic carbocycles. The van der Waals surface area contributed by atoms with Crippen molar-refractivity contribution in [2.75, 3.05) is 18.2 Å². The molecule has 3 amide bonds. The van der Waals surface area contributed by atoms with E-state index in [2.05, 4.69) is 5.32 Å². The third kappa shape index (κ3) is 3.18. The van der Waals surface area contributed by atoms with Gasteiger partial charge in [-0.05, 0) is 35.9 Å². The molecule has 0 radical (unpaired) electrons. The van der Waals surface area contributed by atoms with E-state index in [4.69, 9.17) is 9.47 Å². The molecular formula is C26H21N3O5. The van der Waals surface area contributed by atoms with Gasteiger partial charge in [-0.15, -0.1) is 0 Å². The molecule has 8 nitrogen and oxygen atoms in total. The fourth-order valence-corrected chi connectivity index (χ4v) is 4.76. The van der Waals surface area contributed by atoms with Gasteiger partial charge in [-0.1, -0.05) is 36.4 Å². The minimum absolute atomic E-state index is 0.110. The van der Waals surface area contributed by atoms with Crippen molar-refractivity contribution in [2.24, 2.45) is 0 Å². The van der Waals surface area contributed by atoms with Crippen LogP contribution in [0.5, 0.6) is 11.5 Å². The monoisotopic (exact) mass is 455 g/mol. The average Bonchev–Trinajstić information content (AvgIpc) is 3.45. The van der Waals surface area contributed by atoms with Gasteiger partial charge in [0.25, 0.3) is 11.8 Å². The molecule has 1 atom stereocenters. The van der Waals surface area contributed by atoms with Gasteiger partial charge < -0.3 is 19.7 Å². The first-order valence-electron chi connectivity index (χ1n) is 11.1. The molecule has 1 N–H and O–H groups in total. The molecule has 3 aliphatic heterocycles. The highest BCUT2D eigenvalue weighted by Gasteiger charge is 2.47. The Morgan fingerprint density at radius 2 is 1.68 bits per heavy atom. The van der Waals surface area contributed by atoms with Crippen molar-refractivity contribution in [1.82, 2.24) is 10.2 Å². The molecule has 0 bridgehead atoms. The number of amides is 3. The van der Waals surface area contributed by atoms with Crippen molar-refractivity contribution in [1.29, 1.82) is 0 Å². The lowest BCUT2D eigenvalue weighted by atomic mass is 10.0. The van der Waals surface area contributed by atoms with Gasteiger partial charge in [-0.25, -0.2) is 0 Å². The minimum atomic E-state index is -0.562. The Morgan fingerprint density at radius 3 is 2.56 bits per heavy atom. The van der Waals surface area contributed by atoms with Crippen LogP contribution in [0.25, 0.3) is 0 Å². The van der Waals surface area contributed by atoms with Crippen LogP contribution in [0.4, 0.5) is 5.69 Å². The van der Waals surface area contributed by atoms with E-state index in [9.17, 15) is 14.4 Å². The second kappa shape index (κ2) is 7.91. The van der Waals surface area contributed by atoms with Crippen LogP contribution in [0.1, 0.15) is 44.4 Å². The predicted molar refractivity (Wildman–Crippen MR) is 122 cm³/mol. The maximum atomic E-state index is 13.4. The second-order valence-electron chi connectivity index (χ2n) is 8.37. The Bertz CT molecular complexity index is 1340. The van der Waals surface area contributed by atoms with E-state index in [1.807, 2.05) is 42.5 Å².